The molecule has 0 amide bonds. The van der Waals surface area contributed by atoms with Crippen LogP contribution in [-0.2, 0) is 6.54 Å². The van der Waals surface area contributed by atoms with Crippen molar-refractivity contribution in [2.24, 2.45) is 11.7 Å². The van der Waals surface area contributed by atoms with E-state index in [0.717, 1.165) is 12.1 Å². The van der Waals surface area contributed by atoms with E-state index in [1.165, 1.54) is 18.4 Å². The van der Waals surface area contributed by atoms with Gasteiger partial charge in [-0.15, -0.1) is 0 Å². The molecule has 4 heteroatoms. The van der Waals surface area contributed by atoms with E-state index in [1.807, 2.05) is 12.1 Å². The number of hydrogen-bond acceptors (Lipinski definition) is 1. The maximum atomic E-state index is 6.20. The Morgan fingerprint density at radius 2 is 2.05 bits per heavy atom. The molecule has 1 aromatic carbocycles. The van der Waals surface area contributed by atoms with Gasteiger partial charge in [0.1, 0.15) is 0 Å². The molecular formula is C15H16Cl2N2. The highest BCUT2D eigenvalue weighted by Gasteiger charge is 2.29. The third-order valence-electron chi connectivity index (χ3n) is 3.67. The summed E-state index contributed by atoms with van der Waals surface area (Å²) in [6.07, 6.45) is 6.67. The minimum absolute atomic E-state index is 0.177. The predicted molar refractivity (Wildman–Crippen MR) is 79.6 cm³/mol. The number of benzene rings is 1. The molecule has 1 aromatic heterocycles. The fourth-order valence-corrected chi connectivity index (χ4v) is 2.73. The Hall–Kier alpha value is -0.960. The Kier molecular flexibility index (Phi) is 3.57. The van der Waals surface area contributed by atoms with Gasteiger partial charge in [-0.2, -0.15) is 0 Å². The zero-order valence-corrected chi connectivity index (χ0v) is 12.0. The van der Waals surface area contributed by atoms with Crippen LogP contribution in [0.3, 0.4) is 0 Å². The van der Waals surface area contributed by atoms with Gasteiger partial charge in [0.25, 0.3) is 0 Å². The van der Waals surface area contributed by atoms with Crippen LogP contribution in [0.15, 0.2) is 36.7 Å². The van der Waals surface area contributed by atoms with E-state index in [9.17, 15) is 0 Å². The van der Waals surface area contributed by atoms with Gasteiger partial charge >= 0.3 is 0 Å². The summed E-state index contributed by atoms with van der Waals surface area (Å²) in [6.45, 7) is 0.719. The first-order valence-electron chi connectivity index (χ1n) is 6.49. The van der Waals surface area contributed by atoms with Crippen molar-refractivity contribution in [3.8, 4) is 0 Å². The third kappa shape index (κ3) is 2.81. The first-order valence-corrected chi connectivity index (χ1v) is 7.25. The number of rotatable bonds is 4. The Morgan fingerprint density at radius 1 is 1.26 bits per heavy atom. The number of hydrogen-bond donors (Lipinski definition) is 1. The molecule has 2 aromatic rings. The largest absolute Gasteiger partial charge is 0.350 e. The van der Waals surface area contributed by atoms with Crippen LogP contribution in [0.25, 0.3) is 0 Å². The van der Waals surface area contributed by atoms with Crippen molar-refractivity contribution in [1.29, 1.82) is 0 Å². The summed E-state index contributed by atoms with van der Waals surface area (Å²) in [4.78, 5) is 0. The highest BCUT2D eigenvalue weighted by Crippen LogP contribution is 2.39. The van der Waals surface area contributed by atoms with E-state index in [1.54, 1.807) is 6.07 Å². The predicted octanol–water partition coefficient (Wildman–Crippen LogP) is 4.25. The van der Waals surface area contributed by atoms with Crippen molar-refractivity contribution in [2.45, 2.75) is 25.4 Å². The summed E-state index contributed by atoms with van der Waals surface area (Å²) in [7, 11) is 0. The fraction of sp³-hybridized carbons (Fsp3) is 0.333. The summed E-state index contributed by atoms with van der Waals surface area (Å²) >= 11 is 12.2. The summed E-state index contributed by atoms with van der Waals surface area (Å²) < 4.78 is 2.11. The molecule has 2 nitrogen and oxygen atoms in total. The summed E-state index contributed by atoms with van der Waals surface area (Å²) in [5, 5.41) is 1.23. The minimum Gasteiger partial charge on any atom is -0.350 e. The molecule has 1 fully saturated rings. The molecule has 19 heavy (non-hydrogen) atoms. The quantitative estimate of drug-likeness (QED) is 0.898. The van der Waals surface area contributed by atoms with E-state index in [2.05, 4.69) is 23.0 Å². The van der Waals surface area contributed by atoms with Crippen molar-refractivity contribution >= 4 is 23.2 Å². The van der Waals surface area contributed by atoms with Crippen molar-refractivity contribution in [1.82, 2.24) is 4.57 Å². The standard InChI is InChI=1S/C15H16Cl2N2/c16-13-3-1-2-11(14(13)17)8-19-7-6-12(9-19)15(18)10-4-5-10/h1-3,6-7,9-10,15H,4-5,8,18H2. The smallest absolute Gasteiger partial charge is 0.0642 e. The molecule has 1 aliphatic rings. The van der Waals surface area contributed by atoms with E-state index in [4.69, 9.17) is 28.9 Å². The Bertz CT molecular complexity index is 588. The van der Waals surface area contributed by atoms with Crippen molar-refractivity contribution in [3.05, 3.63) is 57.8 Å². The van der Waals surface area contributed by atoms with Crippen LogP contribution in [-0.4, -0.2) is 4.57 Å². The summed E-state index contributed by atoms with van der Waals surface area (Å²) in [6, 6.07) is 7.99. The van der Waals surface area contributed by atoms with Gasteiger partial charge in [0.2, 0.25) is 0 Å². The maximum Gasteiger partial charge on any atom is 0.0642 e. The Balaban J connectivity index is 1.78. The van der Waals surface area contributed by atoms with Gasteiger partial charge in [-0.1, -0.05) is 35.3 Å². The molecule has 0 aliphatic heterocycles. The zero-order valence-electron chi connectivity index (χ0n) is 10.5. The number of nitrogens with two attached hydrogens (primary N) is 1. The van der Waals surface area contributed by atoms with Crippen LogP contribution in [0, 0.1) is 5.92 Å². The summed E-state index contributed by atoms with van der Waals surface area (Å²) in [5.74, 6) is 0.672. The Labute approximate surface area is 123 Å². The average molecular weight is 295 g/mol. The zero-order chi connectivity index (χ0) is 13.4. The lowest BCUT2D eigenvalue weighted by molar-refractivity contribution is 0.631. The van der Waals surface area contributed by atoms with Crippen LogP contribution in [0.4, 0.5) is 0 Å². The Morgan fingerprint density at radius 3 is 2.79 bits per heavy atom. The molecule has 100 valence electrons. The highest BCUT2D eigenvalue weighted by atomic mass is 35.5. The third-order valence-corrected chi connectivity index (χ3v) is 4.53. The topological polar surface area (TPSA) is 30.9 Å². The van der Waals surface area contributed by atoms with Gasteiger partial charge in [0.05, 0.1) is 10.0 Å². The van der Waals surface area contributed by atoms with Crippen LogP contribution in [0.2, 0.25) is 10.0 Å². The van der Waals surface area contributed by atoms with E-state index < -0.39 is 0 Å². The number of nitrogens with zero attached hydrogens (tertiary/aromatic N) is 1. The van der Waals surface area contributed by atoms with Crippen LogP contribution >= 0.6 is 23.2 Å². The number of aromatic nitrogens is 1. The second-order valence-corrected chi connectivity index (χ2v) is 5.98. The SMILES string of the molecule is NC(c1ccn(Cc2cccc(Cl)c2Cl)c1)C1CC1. The molecule has 1 aliphatic carbocycles. The molecule has 2 N–H and O–H groups in total. The molecule has 0 bridgehead atoms. The fourth-order valence-electron chi connectivity index (χ4n) is 2.35. The van der Waals surface area contributed by atoms with Crippen LogP contribution in [0.5, 0.6) is 0 Å². The lowest BCUT2D eigenvalue weighted by Crippen LogP contribution is -2.11. The second-order valence-electron chi connectivity index (χ2n) is 5.19. The first kappa shape index (κ1) is 13.0. The van der Waals surface area contributed by atoms with Gasteiger partial charge in [-0.3, -0.25) is 0 Å². The molecular weight excluding hydrogens is 279 g/mol. The van der Waals surface area contributed by atoms with Crippen LogP contribution < -0.4 is 5.73 Å². The maximum absolute atomic E-state index is 6.20. The molecule has 1 unspecified atom stereocenters. The monoisotopic (exact) mass is 294 g/mol. The van der Waals surface area contributed by atoms with Gasteiger partial charge in [-0.25, -0.2) is 0 Å². The van der Waals surface area contributed by atoms with Crippen molar-refractivity contribution < 1.29 is 0 Å². The van der Waals surface area contributed by atoms with Gasteiger partial charge < -0.3 is 10.3 Å². The number of halogens is 2. The second kappa shape index (κ2) is 5.20. The van der Waals surface area contributed by atoms with Gasteiger partial charge in [0.15, 0.2) is 0 Å². The molecule has 3 rings (SSSR count). The van der Waals surface area contributed by atoms with Gasteiger partial charge in [-0.05, 0) is 42.0 Å². The molecule has 1 saturated carbocycles. The van der Waals surface area contributed by atoms with E-state index >= 15 is 0 Å². The van der Waals surface area contributed by atoms with E-state index in [0.29, 0.717) is 16.0 Å². The molecule has 1 heterocycles. The van der Waals surface area contributed by atoms with Gasteiger partial charge in [0, 0.05) is 25.0 Å². The highest BCUT2D eigenvalue weighted by molar-refractivity contribution is 6.42. The molecule has 0 radical (unpaired) electrons. The molecule has 0 spiro atoms. The lowest BCUT2D eigenvalue weighted by Gasteiger charge is -2.09. The van der Waals surface area contributed by atoms with Crippen LogP contribution in [0.1, 0.15) is 30.0 Å². The molecule has 0 saturated heterocycles. The lowest BCUT2D eigenvalue weighted by atomic mass is 10.1. The molecule has 1 atom stereocenters. The normalized spacial score (nSPS) is 16.6. The minimum atomic E-state index is 0.177. The average Bonchev–Trinajstić information content (AvgIpc) is 3.14. The summed E-state index contributed by atoms with van der Waals surface area (Å²) in [5.41, 5.74) is 8.43. The van der Waals surface area contributed by atoms with E-state index in [-0.39, 0.29) is 6.04 Å². The van der Waals surface area contributed by atoms with Crippen molar-refractivity contribution in [3.63, 3.8) is 0 Å². The van der Waals surface area contributed by atoms with Crippen molar-refractivity contribution in [2.75, 3.05) is 0 Å². The first-order chi connectivity index (χ1) is 9.15.